The van der Waals surface area contributed by atoms with Gasteiger partial charge in [0.15, 0.2) is 0 Å². The summed E-state index contributed by atoms with van der Waals surface area (Å²) < 4.78 is 0. The minimum atomic E-state index is -0.148. The third-order valence-corrected chi connectivity index (χ3v) is 2.44. The van der Waals surface area contributed by atoms with Gasteiger partial charge in [0.25, 0.3) is 0 Å². The molecule has 0 aromatic rings. The number of hydrogen-bond donors (Lipinski definition) is 0. The van der Waals surface area contributed by atoms with Crippen molar-refractivity contribution in [3.05, 3.63) is 20.9 Å². The minimum Gasteiger partial charge on any atom is -0.0902 e. The third kappa shape index (κ3) is 2.54. The van der Waals surface area contributed by atoms with Crippen LogP contribution in [0.2, 0.25) is 0 Å². The maximum Gasteiger partial charge on any atom is 0.0460 e. The van der Waals surface area contributed by atoms with E-state index in [1.54, 1.807) is 0 Å². The molecule has 0 aromatic heterocycles. The fraction of sp³-hybridized carbons (Fsp3) is 1.00. The van der Waals surface area contributed by atoms with Crippen molar-refractivity contribution in [2.24, 2.45) is 16.1 Å². The average Bonchev–Trinajstić information content (AvgIpc) is 2.10. The molecule has 70 valence electrons. The van der Waals surface area contributed by atoms with Gasteiger partial charge in [-0.05, 0) is 29.8 Å². The second-order valence-corrected chi connectivity index (χ2v) is 3.46. The smallest absolute Gasteiger partial charge is 0.0460 e. The topological polar surface area (TPSA) is 97.5 Å². The Bertz CT molecular complexity index is 262. The van der Waals surface area contributed by atoms with Gasteiger partial charge in [0.2, 0.25) is 0 Å². The molecule has 0 N–H and O–H groups in total. The van der Waals surface area contributed by atoms with Gasteiger partial charge in [-0.25, -0.2) is 0 Å². The lowest BCUT2D eigenvalue weighted by Gasteiger charge is -2.28. The highest BCUT2D eigenvalue weighted by atomic mass is 15.2. The van der Waals surface area contributed by atoms with Crippen LogP contribution in [0.4, 0.5) is 0 Å². The van der Waals surface area contributed by atoms with Crippen LogP contribution in [0, 0.1) is 5.92 Å². The molecule has 6 nitrogen and oxygen atoms in total. The molecule has 1 aliphatic carbocycles. The highest BCUT2D eigenvalue weighted by Gasteiger charge is 2.26. The summed E-state index contributed by atoms with van der Waals surface area (Å²) in [6, 6.07) is -0.290. The molecule has 0 amide bonds. The number of hydrogen-bond acceptors (Lipinski definition) is 2. The van der Waals surface area contributed by atoms with Crippen LogP contribution < -0.4 is 0 Å². The molecule has 0 radical (unpaired) electrons. The first-order chi connectivity index (χ1) is 6.27. The van der Waals surface area contributed by atoms with Crippen LogP contribution in [0.25, 0.3) is 20.9 Å². The van der Waals surface area contributed by atoms with Gasteiger partial charge in [0.05, 0.1) is 0 Å². The summed E-state index contributed by atoms with van der Waals surface area (Å²) in [5.41, 5.74) is 16.6. The molecule has 1 saturated carbocycles. The molecule has 3 atom stereocenters. The van der Waals surface area contributed by atoms with Gasteiger partial charge in [-0.1, -0.05) is 23.6 Å². The SMILES string of the molecule is CC1CCC(N=[N+]=[N-])C(N=[N+]=[N-])C1. The fourth-order valence-corrected chi connectivity index (χ4v) is 1.73. The molecule has 1 rings (SSSR count). The van der Waals surface area contributed by atoms with Gasteiger partial charge in [-0.3, -0.25) is 0 Å². The molecule has 0 heterocycles. The molecule has 0 spiro atoms. The quantitative estimate of drug-likeness (QED) is 0.354. The van der Waals surface area contributed by atoms with Crippen LogP contribution in [0.3, 0.4) is 0 Å². The van der Waals surface area contributed by atoms with Crippen LogP contribution in [0.15, 0.2) is 10.2 Å². The van der Waals surface area contributed by atoms with Crippen LogP contribution >= 0.6 is 0 Å². The van der Waals surface area contributed by atoms with E-state index >= 15 is 0 Å². The summed E-state index contributed by atoms with van der Waals surface area (Å²) in [6.45, 7) is 2.12. The van der Waals surface area contributed by atoms with E-state index in [9.17, 15) is 0 Å². The molecular weight excluding hydrogens is 168 g/mol. The molecule has 3 unspecified atom stereocenters. The maximum atomic E-state index is 8.31. The van der Waals surface area contributed by atoms with Crippen molar-refractivity contribution >= 4 is 0 Å². The summed E-state index contributed by atoms with van der Waals surface area (Å²) in [5.74, 6) is 0.556. The molecular formula is C7H12N6. The van der Waals surface area contributed by atoms with Crippen molar-refractivity contribution in [2.75, 3.05) is 0 Å². The second kappa shape index (κ2) is 4.60. The van der Waals surface area contributed by atoms with Crippen molar-refractivity contribution in [1.82, 2.24) is 0 Å². The average molecular weight is 180 g/mol. The molecule has 0 aromatic carbocycles. The van der Waals surface area contributed by atoms with E-state index in [0.717, 1.165) is 19.3 Å². The van der Waals surface area contributed by atoms with Crippen LogP contribution in [-0.2, 0) is 0 Å². The van der Waals surface area contributed by atoms with Crippen molar-refractivity contribution in [1.29, 1.82) is 0 Å². The van der Waals surface area contributed by atoms with Gasteiger partial charge in [-0.15, -0.1) is 0 Å². The Balaban J connectivity index is 2.70. The highest BCUT2D eigenvalue weighted by molar-refractivity contribution is 4.88. The van der Waals surface area contributed by atoms with Crippen molar-refractivity contribution in [2.45, 2.75) is 38.3 Å². The predicted molar refractivity (Wildman–Crippen MR) is 48.9 cm³/mol. The lowest BCUT2D eigenvalue weighted by molar-refractivity contribution is 0.306. The van der Waals surface area contributed by atoms with Crippen LogP contribution in [-0.4, -0.2) is 12.1 Å². The molecule has 1 fully saturated rings. The Morgan fingerprint density at radius 1 is 1.08 bits per heavy atom. The Morgan fingerprint density at radius 3 is 2.31 bits per heavy atom. The first kappa shape index (κ1) is 9.71. The predicted octanol–water partition coefficient (Wildman–Crippen LogP) is 3.16. The van der Waals surface area contributed by atoms with Crippen LogP contribution in [0.1, 0.15) is 26.2 Å². The minimum absolute atomic E-state index is 0.142. The zero-order valence-corrected chi connectivity index (χ0v) is 7.54. The van der Waals surface area contributed by atoms with Gasteiger partial charge < -0.3 is 0 Å². The Kier molecular flexibility index (Phi) is 3.43. The summed E-state index contributed by atoms with van der Waals surface area (Å²) in [7, 11) is 0. The molecule has 0 bridgehead atoms. The molecule has 0 aliphatic heterocycles. The number of azide groups is 2. The largest absolute Gasteiger partial charge is 0.0902 e. The first-order valence-corrected chi connectivity index (χ1v) is 4.36. The molecule has 0 saturated heterocycles. The Labute approximate surface area is 76.2 Å². The Hall–Kier alpha value is -1.38. The van der Waals surface area contributed by atoms with Gasteiger partial charge >= 0.3 is 0 Å². The van der Waals surface area contributed by atoms with Crippen molar-refractivity contribution in [3.63, 3.8) is 0 Å². The van der Waals surface area contributed by atoms with E-state index in [0.29, 0.717) is 5.92 Å². The number of nitrogens with zero attached hydrogens (tertiary/aromatic N) is 6. The fourth-order valence-electron chi connectivity index (χ4n) is 1.73. The van der Waals surface area contributed by atoms with Gasteiger partial charge in [0, 0.05) is 21.9 Å². The van der Waals surface area contributed by atoms with E-state index in [1.807, 2.05) is 0 Å². The van der Waals surface area contributed by atoms with Gasteiger partial charge in [-0.2, -0.15) is 0 Å². The zero-order valence-electron chi connectivity index (χ0n) is 7.54. The molecule has 1 aliphatic rings. The van der Waals surface area contributed by atoms with E-state index in [1.165, 1.54) is 0 Å². The van der Waals surface area contributed by atoms with E-state index < -0.39 is 0 Å². The zero-order chi connectivity index (χ0) is 9.68. The summed E-state index contributed by atoms with van der Waals surface area (Å²) in [4.78, 5) is 5.53. The third-order valence-electron chi connectivity index (χ3n) is 2.44. The van der Waals surface area contributed by atoms with E-state index in [-0.39, 0.29) is 12.1 Å². The summed E-state index contributed by atoms with van der Waals surface area (Å²) >= 11 is 0. The first-order valence-electron chi connectivity index (χ1n) is 4.36. The number of rotatable bonds is 2. The monoisotopic (exact) mass is 180 g/mol. The normalized spacial score (nSPS) is 32.8. The highest BCUT2D eigenvalue weighted by Crippen LogP contribution is 2.28. The van der Waals surface area contributed by atoms with Gasteiger partial charge in [0.1, 0.15) is 0 Å². The molecule has 6 heteroatoms. The van der Waals surface area contributed by atoms with Crippen molar-refractivity contribution in [3.8, 4) is 0 Å². The molecule has 13 heavy (non-hydrogen) atoms. The second-order valence-electron chi connectivity index (χ2n) is 3.46. The van der Waals surface area contributed by atoms with Crippen LogP contribution in [0.5, 0.6) is 0 Å². The standard InChI is InChI=1S/C7H12N6/c1-5-2-3-6(10-12-8)7(4-5)11-13-9/h5-7H,2-4H2,1H3. The maximum absolute atomic E-state index is 8.31. The summed E-state index contributed by atoms with van der Waals surface area (Å²) in [5, 5.41) is 7.28. The van der Waals surface area contributed by atoms with E-state index in [2.05, 4.69) is 27.0 Å². The lowest BCUT2D eigenvalue weighted by Crippen LogP contribution is -2.29. The van der Waals surface area contributed by atoms with Crippen molar-refractivity contribution < 1.29 is 0 Å². The Morgan fingerprint density at radius 2 is 1.69 bits per heavy atom. The summed E-state index contributed by atoms with van der Waals surface area (Å²) in [6.07, 6.45) is 2.70. The lowest BCUT2D eigenvalue weighted by atomic mass is 9.84. The van der Waals surface area contributed by atoms with E-state index in [4.69, 9.17) is 11.1 Å².